The van der Waals surface area contributed by atoms with Crippen LogP contribution in [0.3, 0.4) is 0 Å². The number of aromatic nitrogens is 1. The number of aliphatic hydroxyl groups is 1. The molecule has 192 valence electrons. The lowest BCUT2D eigenvalue weighted by Crippen LogP contribution is -2.33. The quantitative estimate of drug-likeness (QED) is 0.240. The van der Waals surface area contributed by atoms with Gasteiger partial charge in [0.1, 0.15) is 11.6 Å². The van der Waals surface area contributed by atoms with E-state index in [0.29, 0.717) is 6.54 Å². The summed E-state index contributed by atoms with van der Waals surface area (Å²) < 4.78 is 28.8. The summed E-state index contributed by atoms with van der Waals surface area (Å²) in [6.07, 6.45) is 0.436. The van der Waals surface area contributed by atoms with E-state index in [-0.39, 0.29) is 18.4 Å². The van der Waals surface area contributed by atoms with Crippen molar-refractivity contribution in [1.29, 1.82) is 0 Å². The minimum Gasteiger partial charge on any atom is -0.385 e. The third-order valence-corrected chi connectivity index (χ3v) is 6.95. The second kappa shape index (κ2) is 10.8. The van der Waals surface area contributed by atoms with E-state index in [4.69, 9.17) is 4.98 Å². The maximum absolute atomic E-state index is 14.4. The molecule has 38 heavy (non-hydrogen) atoms. The van der Waals surface area contributed by atoms with E-state index in [1.807, 2.05) is 104 Å². The molecule has 0 radical (unpaired) electrons. The fraction of sp³-hybridized carbons (Fsp3) is 0.182. The van der Waals surface area contributed by atoms with Crippen molar-refractivity contribution in [2.24, 2.45) is 0 Å². The lowest BCUT2D eigenvalue weighted by molar-refractivity contribution is 0.0210. The van der Waals surface area contributed by atoms with Gasteiger partial charge in [0.15, 0.2) is 0 Å². The van der Waals surface area contributed by atoms with E-state index in [1.54, 1.807) is 0 Å². The van der Waals surface area contributed by atoms with Gasteiger partial charge in [0, 0.05) is 35.5 Å². The molecule has 5 rings (SSSR count). The summed E-state index contributed by atoms with van der Waals surface area (Å²) in [5.74, 6) is -1.42. The Bertz CT molecular complexity index is 1530. The van der Waals surface area contributed by atoms with Gasteiger partial charge in [-0.2, -0.15) is 0 Å². The van der Waals surface area contributed by atoms with Gasteiger partial charge in [-0.3, -0.25) is 0 Å². The predicted octanol–water partition coefficient (Wildman–Crippen LogP) is 7.23. The number of halogens is 2. The van der Waals surface area contributed by atoms with E-state index in [2.05, 4.69) is 0 Å². The van der Waals surface area contributed by atoms with Crippen molar-refractivity contribution in [3.8, 4) is 22.4 Å². The Hall–Kier alpha value is -3.93. The van der Waals surface area contributed by atoms with E-state index in [1.165, 1.54) is 12.1 Å². The highest BCUT2D eigenvalue weighted by Gasteiger charge is 2.33. The zero-order valence-electron chi connectivity index (χ0n) is 21.5. The van der Waals surface area contributed by atoms with Gasteiger partial charge in [0.05, 0.1) is 16.8 Å². The van der Waals surface area contributed by atoms with Crippen molar-refractivity contribution in [2.75, 3.05) is 20.6 Å². The van der Waals surface area contributed by atoms with Crippen LogP contribution in [0.1, 0.15) is 17.5 Å². The Morgan fingerprint density at radius 3 is 1.97 bits per heavy atom. The molecule has 0 amide bonds. The van der Waals surface area contributed by atoms with Crippen molar-refractivity contribution in [2.45, 2.75) is 18.4 Å². The van der Waals surface area contributed by atoms with Gasteiger partial charge in [0.2, 0.25) is 0 Å². The molecule has 1 atom stereocenters. The van der Waals surface area contributed by atoms with Crippen LogP contribution < -0.4 is 0 Å². The van der Waals surface area contributed by atoms with Crippen LogP contribution in [-0.2, 0) is 12.0 Å². The Morgan fingerprint density at radius 2 is 1.34 bits per heavy atom. The predicted molar refractivity (Wildman–Crippen MR) is 150 cm³/mol. The average Bonchev–Trinajstić information content (AvgIpc) is 2.92. The number of benzene rings is 4. The van der Waals surface area contributed by atoms with E-state index >= 15 is 0 Å². The molecule has 0 fully saturated rings. The molecule has 1 heterocycles. The fourth-order valence-electron chi connectivity index (χ4n) is 5.04. The maximum Gasteiger partial charge on any atom is 0.126 e. The highest BCUT2D eigenvalue weighted by molar-refractivity contribution is 5.96. The summed E-state index contributed by atoms with van der Waals surface area (Å²) >= 11 is 0. The number of para-hydroxylation sites is 1. The van der Waals surface area contributed by atoms with Crippen LogP contribution in [0.4, 0.5) is 8.78 Å². The fourth-order valence-corrected chi connectivity index (χ4v) is 5.04. The first-order chi connectivity index (χ1) is 18.3. The second-order valence-electron chi connectivity index (χ2n) is 9.98. The molecule has 4 aromatic carbocycles. The van der Waals surface area contributed by atoms with Gasteiger partial charge in [-0.05, 0) is 55.4 Å². The highest BCUT2D eigenvalue weighted by Crippen LogP contribution is 2.42. The third kappa shape index (κ3) is 5.35. The Balaban J connectivity index is 1.81. The first-order valence-corrected chi connectivity index (χ1v) is 12.7. The molecule has 0 spiro atoms. The Labute approximate surface area is 222 Å². The normalized spacial score (nSPS) is 13.1. The summed E-state index contributed by atoms with van der Waals surface area (Å²) in [4.78, 5) is 7.03. The zero-order valence-corrected chi connectivity index (χ0v) is 21.5. The SMILES string of the molecule is CN(C)CCC(O)(Cc1c(-c2ccccc2)c(-c2ccccc2)nc2ccccc12)c1cc(F)cc(F)c1. The number of hydrogen-bond acceptors (Lipinski definition) is 3. The first-order valence-electron chi connectivity index (χ1n) is 12.7. The molecule has 1 unspecified atom stereocenters. The molecule has 1 N–H and O–H groups in total. The molecule has 0 saturated carbocycles. The van der Waals surface area contributed by atoms with Crippen molar-refractivity contribution in [3.05, 3.63) is 126 Å². The number of pyridine rings is 1. The largest absolute Gasteiger partial charge is 0.385 e. The van der Waals surface area contributed by atoms with Crippen molar-refractivity contribution >= 4 is 10.9 Å². The monoisotopic (exact) mass is 508 g/mol. The number of nitrogens with zero attached hydrogens (tertiary/aromatic N) is 2. The third-order valence-electron chi connectivity index (χ3n) is 6.95. The molecule has 5 heteroatoms. The summed E-state index contributed by atoms with van der Waals surface area (Å²) in [5, 5.41) is 13.1. The van der Waals surface area contributed by atoms with Gasteiger partial charge < -0.3 is 10.0 Å². The number of rotatable bonds is 8. The van der Waals surface area contributed by atoms with Gasteiger partial charge in [-0.1, -0.05) is 78.9 Å². The smallest absolute Gasteiger partial charge is 0.126 e. The molecule has 0 saturated heterocycles. The Morgan fingerprint density at radius 1 is 0.763 bits per heavy atom. The zero-order chi connectivity index (χ0) is 26.7. The molecule has 1 aromatic heterocycles. The molecular weight excluding hydrogens is 478 g/mol. The summed E-state index contributed by atoms with van der Waals surface area (Å²) in [6, 6.07) is 31.1. The van der Waals surface area contributed by atoms with Crippen LogP contribution in [0.25, 0.3) is 33.3 Å². The molecule has 0 aliphatic heterocycles. The minimum absolute atomic E-state index is 0.150. The topological polar surface area (TPSA) is 36.4 Å². The van der Waals surface area contributed by atoms with E-state index < -0.39 is 17.2 Å². The van der Waals surface area contributed by atoms with Crippen LogP contribution >= 0.6 is 0 Å². The van der Waals surface area contributed by atoms with Crippen molar-refractivity contribution < 1.29 is 13.9 Å². The highest BCUT2D eigenvalue weighted by atomic mass is 19.1. The average molecular weight is 509 g/mol. The standard InChI is InChI=1S/C33H30F2N2O/c1-37(2)18-17-33(38,25-19-26(34)21-27(35)20-25)22-29-28-15-9-10-16-30(28)36-32(24-13-7-4-8-14-24)31(29)23-11-5-3-6-12-23/h3-16,19-21,38H,17-18,22H2,1-2H3. The van der Waals surface area contributed by atoms with Crippen molar-refractivity contribution in [3.63, 3.8) is 0 Å². The molecule has 0 bridgehead atoms. The molecule has 0 aliphatic rings. The second-order valence-corrected chi connectivity index (χ2v) is 9.98. The lowest BCUT2D eigenvalue weighted by atomic mass is 9.80. The van der Waals surface area contributed by atoms with Gasteiger partial charge in [0.25, 0.3) is 0 Å². The number of hydrogen-bond donors (Lipinski definition) is 1. The summed E-state index contributed by atoms with van der Waals surface area (Å²) in [6.45, 7) is 0.532. The summed E-state index contributed by atoms with van der Waals surface area (Å²) in [7, 11) is 3.83. The molecule has 5 aromatic rings. The van der Waals surface area contributed by atoms with Crippen LogP contribution in [0.2, 0.25) is 0 Å². The van der Waals surface area contributed by atoms with Crippen LogP contribution in [0.5, 0.6) is 0 Å². The lowest BCUT2D eigenvalue weighted by Gasteiger charge is -2.32. The molecule has 3 nitrogen and oxygen atoms in total. The van der Waals surface area contributed by atoms with Crippen molar-refractivity contribution in [1.82, 2.24) is 9.88 Å². The molecule has 0 aliphatic carbocycles. The number of fused-ring (bicyclic) bond motifs is 1. The molecular formula is C33H30F2N2O. The van der Waals surface area contributed by atoms with E-state index in [9.17, 15) is 13.9 Å². The van der Waals surface area contributed by atoms with E-state index in [0.717, 1.165) is 44.9 Å². The minimum atomic E-state index is -1.53. The van der Waals surface area contributed by atoms with Crippen LogP contribution in [-0.4, -0.2) is 35.6 Å². The Kier molecular flexibility index (Phi) is 7.32. The van der Waals surface area contributed by atoms with Gasteiger partial charge in [-0.15, -0.1) is 0 Å². The van der Waals surface area contributed by atoms with Crippen LogP contribution in [0, 0.1) is 11.6 Å². The van der Waals surface area contributed by atoms with Crippen LogP contribution in [0.15, 0.2) is 103 Å². The van der Waals surface area contributed by atoms with Gasteiger partial charge in [-0.25, -0.2) is 13.8 Å². The maximum atomic E-state index is 14.4. The first kappa shape index (κ1) is 25.7. The van der Waals surface area contributed by atoms with Gasteiger partial charge >= 0.3 is 0 Å². The summed E-state index contributed by atoms with van der Waals surface area (Å²) in [5.41, 5.74) is 3.97.